The number of rotatable bonds is 2. The fraction of sp³-hybridized carbons (Fsp3) is 0.0909. The molecule has 0 atom stereocenters. The van der Waals surface area contributed by atoms with Gasteiger partial charge >= 0.3 is 0 Å². The van der Waals surface area contributed by atoms with Gasteiger partial charge in [-0.2, -0.15) is 10.4 Å². The first-order valence-electron chi connectivity index (χ1n) is 4.83. The van der Waals surface area contributed by atoms with Crippen molar-refractivity contribution in [2.45, 2.75) is 0 Å². The number of nitriles is 1. The van der Waals surface area contributed by atoms with Crippen molar-refractivity contribution in [1.29, 1.82) is 5.26 Å². The summed E-state index contributed by atoms with van der Waals surface area (Å²) in [6.45, 7) is 0. The molecule has 0 amide bonds. The van der Waals surface area contributed by atoms with Gasteiger partial charge in [-0.25, -0.2) is 0 Å². The van der Waals surface area contributed by atoms with Crippen molar-refractivity contribution in [3.63, 3.8) is 0 Å². The fourth-order valence-electron chi connectivity index (χ4n) is 1.53. The maximum Gasteiger partial charge on any atom is 0.140 e. The van der Waals surface area contributed by atoms with Crippen LogP contribution in [0.25, 0.3) is 11.3 Å². The molecule has 0 saturated heterocycles. The van der Waals surface area contributed by atoms with E-state index in [1.807, 2.05) is 6.07 Å². The van der Waals surface area contributed by atoms with E-state index in [1.165, 1.54) is 4.68 Å². The van der Waals surface area contributed by atoms with Crippen LogP contribution in [0.2, 0.25) is 0 Å². The van der Waals surface area contributed by atoms with Crippen LogP contribution in [-0.4, -0.2) is 9.78 Å². The molecule has 17 heavy (non-hydrogen) atoms. The lowest BCUT2D eigenvalue weighted by Gasteiger charge is -1.96. The average molecular weight is 227 g/mol. The van der Waals surface area contributed by atoms with Crippen LogP contribution < -0.4 is 5.73 Å². The molecule has 2 rings (SSSR count). The number of hydrogen-bond donors (Lipinski definition) is 1. The SMILES string of the molecule is Cn1nc(-c2ccc(N=O)cc2)c(C#N)c1N. The standard InChI is InChI=1S/C11H9N5O/c1-16-11(13)9(6-12)10(14-16)7-2-4-8(15-17)5-3-7/h2-5H,13H2,1H3. The number of nitrogen functional groups attached to an aromatic ring is 1. The first-order chi connectivity index (χ1) is 8.17. The van der Waals surface area contributed by atoms with Crippen LogP contribution in [0.15, 0.2) is 29.4 Å². The molecule has 0 bridgehead atoms. The van der Waals surface area contributed by atoms with E-state index in [0.29, 0.717) is 22.8 Å². The van der Waals surface area contributed by atoms with Gasteiger partial charge in [-0.1, -0.05) is 12.1 Å². The lowest BCUT2D eigenvalue weighted by atomic mass is 10.1. The second kappa shape index (κ2) is 4.06. The molecule has 6 nitrogen and oxygen atoms in total. The van der Waals surface area contributed by atoms with E-state index >= 15 is 0 Å². The van der Waals surface area contributed by atoms with Gasteiger partial charge in [0, 0.05) is 12.6 Å². The van der Waals surface area contributed by atoms with Gasteiger partial charge < -0.3 is 5.73 Å². The van der Waals surface area contributed by atoms with Crippen molar-refractivity contribution < 1.29 is 0 Å². The highest BCUT2D eigenvalue weighted by Crippen LogP contribution is 2.27. The number of aromatic nitrogens is 2. The largest absolute Gasteiger partial charge is 0.383 e. The summed E-state index contributed by atoms with van der Waals surface area (Å²) in [5.41, 5.74) is 7.61. The third kappa shape index (κ3) is 1.74. The number of hydrogen-bond acceptors (Lipinski definition) is 5. The average Bonchev–Trinajstić information content (AvgIpc) is 2.65. The van der Waals surface area contributed by atoms with E-state index < -0.39 is 0 Å². The van der Waals surface area contributed by atoms with Crippen LogP contribution in [-0.2, 0) is 7.05 Å². The van der Waals surface area contributed by atoms with Crippen molar-refractivity contribution >= 4 is 11.5 Å². The molecule has 0 unspecified atom stereocenters. The molecule has 0 aliphatic heterocycles. The van der Waals surface area contributed by atoms with Crippen molar-refractivity contribution in [1.82, 2.24) is 9.78 Å². The Hall–Kier alpha value is -2.68. The monoisotopic (exact) mass is 227 g/mol. The number of benzene rings is 1. The Labute approximate surface area is 97.3 Å². The molecule has 1 aromatic heterocycles. The highest BCUT2D eigenvalue weighted by molar-refractivity contribution is 5.73. The number of nitrogens with zero attached hydrogens (tertiary/aromatic N) is 4. The van der Waals surface area contributed by atoms with Crippen LogP contribution in [0.4, 0.5) is 11.5 Å². The highest BCUT2D eigenvalue weighted by Gasteiger charge is 2.14. The summed E-state index contributed by atoms with van der Waals surface area (Å²) < 4.78 is 1.44. The van der Waals surface area contributed by atoms with Crippen LogP contribution in [0.5, 0.6) is 0 Å². The number of nitroso groups, excluding NO2 is 1. The molecule has 0 aliphatic rings. The summed E-state index contributed by atoms with van der Waals surface area (Å²) in [4.78, 5) is 10.3. The molecule has 1 aromatic carbocycles. The van der Waals surface area contributed by atoms with Gasteiger partial charge in [0.1, 0.15) is 28.8 Å². The molecular weight excluding hydrogens is 218 g/mol. The summed E-state index contributed by atoms with van der Waals surface area (Å²) in [7, 11) is 1.67. The maximum absolute atomic E-state index is 10.3. The minimum atomic E-state index is 0.320. The molecule has 0 radical (unpaired) electrons. The first-order valence-corrected chi connectivity index (χ1v) is 4.83. The van der Waals surface area contributed by atoms with Gasteiger partial charge in [0.15, 0.2) is 0 Å². The summed E-state index contributed by atoms with van der Waals surface area (Å²) in [6.07, 6.45) is 0. The molecule has 0 aliphatic carbocycles. The second-order valence-corrected chi connectivity index (χ2v) is 3.48. The second-order valence-electron chi connectivity index (χ2n) is 3.48. The van der Waals surface area contributed by atoms with Gasteiger partial charge in [0.25, 0.3) is 0 Å². The third-order valence-electron chi connectivity index (χ3n) is 2.45. The number of anilines is 1. The topological polar surface area (TPSA) is 97.1 Å². The lowest BCUT2D eigenvalue weighted by Crippen LogP contribution is -1.97. The van der Waals surface area contributed by atoms with Gasteiger partial charge in [0.05, 0.1) is 0 Å². The summed E-state index contributed by atoms with van der Waals surface area (Å²) in [5, 5.41) is 16.0. The van der Waals surface area contributed by atoms with Gasteiger partial charge in [-0.3, -0.25) is 4.68 Å². The predicted octanol–water partition coefficient (Wildman–Crippen LogP) is 1.94. The van der Waals surface area contributed by atoms with Crippen molar-refractivity contribution in [3.05, 3.63) is 34.7 Å². The molecular formula is C11H9N5O. The molecule has 0 fully saturated rings. The maximum atomic E-state index is 10.3. The normalized spacial score (nSPS) is 9.88. The van der Waals surface area contributed by atoms with E-state index in [-0.39, 0.29) is 0 Å². The van der Waals surface area contributed by atoms with E-state index in [1.54, 1.807) is 31.3 Å². The van der Waals surface area contributed by atoms with Crippen LogP contribution in [0.1, 0.15) is 5.56 Å². The minimum absolute atomic E-state index is 0.320. The molecule has 2 aromatic rings. The fourth-order valence-corrected chi connectivity index (χ4v) is 1.53. The zero-order chi connectivity index (χ0) is 12.4. The van der Waals surface area contributed by atoms with Crippen LogP contribution in [0, 0.1) is 16.2 Å². The summed E-state index contributed by atoms with van der Waals surface area (Å²) >= 11 is 0. The molecule has 1 heterocycles. The Morgan fingerprint density at radius 2 is 2.06 bits per heavy atom. The Morgan fingerprint density at radius 1 is 1.41 bits per heavy atom. The first kappa shape index (κ1) is 10.8. The van der Waals surface area contributed by atoms with E-state index in [2.05, 4.69) is 10.3 Å². The zero-order valence-electron chi connectivity index (χ0n) is 9.08. The van der Waals surface area contributed by atoms with E-state index in [9.17, 15) is 4.91 Å². The van der Waals surface area contributed by atoms with Gasteiger partial charge in [-0.15, -0.1) is 4.91 Å². The smallest absolute Gasteiger partial charge is 0.140 e. The van der Waals surface area contributed by atoms with E-state index in [4.69, 9.17) is 11.0 Å². The Morgan fingerprint density at radius 3 is 2.59 bits per heavy atom. The van der Waals surface area contributed by atoms with E-state index in [0.717, 1.165) is 5.56 Å². The zero-order valence-corrected chi connectivity index (χ0v) is 9.08. The quantitative estimate of drug-likeness (QED) is 0.792. The van der Waals surface area contributed by atoms with Crippen LogP contribution in [0.3, 0.4) is 0 Å². The molecule has 0 saturated carbocycles. The number of nitrogens with two attached hydrogens (primary N) is 1. The van der Waals surface area contributed by atoms with Crippen molar-refractivity contribution in [3.8, 4) is 17.3 Å². The van der Waals surface area contributed by atoms with Gasteiger partial charge in [0.2, 0.25) is 0 Å². The molecule has 2 N–H and O–H groups in total. The molecule has 84 valence electrons. The predicted molar refractivity (Wildman–Crippen MR) is 63.2 cm³/mol. The minimum Gasteiger partial charge on any atom is -0.383 e. The highest BCUT2D eigenvalue weighted by atomic mass is 16.3. The third-order valence-corrected chi connectivity index (χ3v) is 2.45. The van der Waals surface area contributed by atoms with Crippen molar-refractivity contribution in [2.75, 3.05) is 5.73 Å². The Kier molecular flexibility index (Phi) is 2.58. The molecule has 0 spiro atoms. The lowest BCUT2D eigenvalue weighted by molar-refractivity contribution is 0.782. The summed E-state index contributed by atoms with van der Waals surface area (Å²) in [6, 6.07) is 8.51. The Balaban J connectivity index is 2.56. The van der Waals surface area contributed by atoms with Gasteiger partial charge in [-0.05, 0) is 17.3 Å². The number of aryl methyl sites for hydroxylation is 1. The van der Waals surface area contributed by atoms with Crippen molar-refractivity contribution in [2.24, 2.45) is 12.2 Å². The molecule has 6 heteroatoms. The Bertz CT molecular complexity index is 606. The summed E-state index contributed by atoms with van der Waals surface area (Å²) in [5.74, 6) is 0.320. The van der Waals surface area contributed by atoms with Crippen LogP contribution >= 0.6 is 0 Å².